The van der Waals surface area contributed by atoms with Gasteiger partial charge in [0, 0.05) is 6.08 Å². The number of allylic oxidation sites excluding steroid dienone is 1. The fraction of sp³-hybridized carbons (Fsp3) is 0.533. The van der Waals surface area contributed by atoms with E-state index in [2.05, 4.69) is 0 Å². The molecule has 1 rings (SSSR count). The van der Waals surface area contributed by atoms with Gasteiger partial charge in [0.2, 0.25) is 0 Å². The minimum Gasteiger partial charge on any atom is -0.460 e. The molecule has 4 nitrogen and oxygen atoms in total. The van der Waals surface area contributed by atoms with Crippen molar-refractivity contribution < 1.29 is 19.7 Å². The van der Waals surface area contributed by atoms with E-state index in [0.29, 0.717) is 6.42 Å². The third kappa shape index (κ3) is 7.59. The summed E-state index contributed by atoms with van der Waals surface area (Å²) in [6.07, 6.45) is 10.9. The lowest BCUT2D eigenvalue weighted by Crippen LogP contribution is -2.12. The summed E-state index contributed by atoms with van der Waals surface area (Å²) in [5.74, 6) is -0.380. The van der Waals surface area contributed by atoms with Gasteiger partial charge >= 0.3 is 5.97 Å². The van der Waals surface area contributed by atoms with Crippen LogP contribution in [0.1, 0.15) is 32.6 Å². The van der Waals surface area contributed by atoms with Gasteiger partial charge in [0.05, 0.1) is 18.3 Å². The van der Waals surface area contributed by atoms with E-state index in [1.54, 1.807) is 12.2 Å². The van der Waals surface area contributed by atoms with E-state index in [4.69, 9.17) is 4.74 Å². The summed E-state index contributed by atoms with van der Waals surface area (Å²) in [7, 11) is 0. The molecule has 0 radical (unpaired) electrons. The van der Waals surface area contributed by atoms with Crippen LogP contribution in [0, 0.1) is 0 Å². The van der Waals surface area contributed by atoms with Crippen molar-refractivity contribution in [1.29, 1.82) is 0 Å². The van der Waals surface area contributed by atoms with Gasteiger partial charge in [0.1, 0.15) is 0 Å². The molecule has 1 aliphatic heterocycles. The number of hydrogen-bond donors (Lipinski definition) is 2. The van der Waals surface area contributed by atoms with Crippen LogP contribution in [-0.4, -0.2) is 34.5 Å². The van der Waals surface area contributed by atoms with Crippen LogP contribution in [0.25, 0.3) is 0 Å². The van der Waals surface area contributed by atoms with E-state index in [1.807, 2.05) is 13.0 Å². The van der Waals surface area contributed by atoms with Gasteiger partial charge in [-0.25, -0.2) is 4.79 Å². The summed E-state index contributed by atoms with van der Waals surface area (Å²) in [5.41, 5.74) is 0. The topological polar surface area (TPSA) is 66.8 Å². The molecule has 0 saturated heterocycles. The number of rotatable bonds is 0. The lowest BCUT2D eigenvalue weighted by molar-refractivity contribution is -0.142. The largest absolute Gasteiger partial charge is 0.460 e. The molecule has 106 valence electrons. The van der Waals surface area contributed by atoms with E-state index >= 15 is 0 Å². The van der Waals surface area contributed by atoms with Gasteiger partial charge in [-0.1, -0.05) is 30.4 Å². The van der Waals surface area contributed by atoms with E-state index in [-0.39, 0.29) is 12.1 Å². The first kappa shape index (κ1) is 15.7. The molecule has 0 spiro atoms. The lowest BCUT2D eigenvalue weighted by Gasteiger charge is -2.10. The molecule has 0 unspecified atom stereocenters. The molecule has 0 fully saturated rings. The maximum absolute atomic E-state index is 11.4. The molecule has 0 saturated carbocycles. The highest BCUT2D eigenvalue weighted by molar-refractivity contribution is 5.82. The smallest absolute Gasteiger partial charge is 0.330 e. The summed E-state index contributed by atoms with van der Waals surface area (Å²) in [6, 6.07) is 0. The van der Waals surface area contributed by atoms with Gasteiger partial charge in [-0.05, 0) is 32.6 Å². The van der Waals surface area contributed by atoms with Crippen molar-refractivity contribution in [1.82, 2.24) is 0 Å². The summed E-state index contributed by atoms with van der Waals surface area (Å²) in [6.45, 7) is 1.86. The van der Waals surface area contributed by atoms with Gasteiger partial charge < -0.3 is 14.9 Å². The molecule has 3 atom stereocenters. The average Bonchev–Trinajstić information content (AvgIpc) is 2.35. The number of hydrogen-bond acceptors (Lipinski definition) is 4. The van der Waals surface area contributed by atoms with Gasteiger partial charge in [0.15, 0.2) is 0 Å². The Labute approximate surface area is 114 Å². The monoisotopic (exact) mass is 266 g/mol. The second-order valence-electron chi connectivity index (χ2n) is 4.69. The Balaban J connectivity index is 2.64. The minimum atomic E-state index is -0.713. The van der Waals surface area contributed by atoms with E-state index in [9.17, 15) is 15.0 Å². The summed E-state index contributed by atoms with van der Waals surface area (Å²) >= 11 is 0. The van der Waals surface area contributed by atoms with Crippen LogP contribution in [0.3, 0.4) is 0 Å². The van der Waals surface area contributed by atoms with E-state index in [0.717, 1.165) is 19.3 Å². The van der Waals surface area contributed by atoms with E-state index < -0.39 is 12.2 Å². The fourth-order valence-electron chi connectivity index (χ4n) is 1.74. The highest BCUT2D eigenvalue weighted by atomic mass is 16.5. The molecule has 1 aliphatic rings. The molecule has 4 heteroatoms. The maximum Gasteiger partial charge on any atom is 0.330 e. The number of ether oxygens (including phenoxy) is 1. The third-order valence-electron chi connectivity index (χ3n) is 2.79. The predicted molar refractivity (Wildman–Crippen MR) is 73.5 cm³/mol. The summed E-state index contributed by atoms with van der Waals surface area (Å²) < 4.78 is 5.18. The Kier molecular flexibility index (Phi) is 7.15. The van der Waals surface area contributed by atoms with Crippen molar-refractivity contribution >= 4 is 5.97 Å². The van der Waals surface area contributed by atoms with Gasteiger partial charge in [-0.2, -0.15) is 0 Å². The number of carbonyl (C=O) groups excluding carboxylic acids is 1. The van der Waals surface area contributed by atoms with Crippen LogP contribution >= 0.6 is 0 Å². The zero-order valence-electron chi connectivity index (χ0n) is 11.2. The molecule has 0 aromatic rings. The molecule has 0 amide bonds. The van der Waals surface area contributed by atoms with Gasteiger partial charge in [-0.15, -0.1) is 0 Å². The number of aliphatic hydroxyl groups excluding tert-OH is 2. The van der Waals surface area contributed by atoms with Crippen LogP contribution in [0.15, 0.2) is 36.5 Å². The average molecular weight is 266 g/mol. The Morgan fingerprint density at radius 1 is 1.21 bits per heavy atom. The summed E-state index contributed by atoms with van der Waals surface area (Å²) in [4.78, 5) is 11.4. The molecule has 0 bridgehead atoms. The van der Waals surface area contributed by atoms with Gasteiger partial charge in [0.25, 0.3) is 0 Å². The van der Waals surface area contributed by atoms with Crippen molar-refractivity contribution in [3.8, 4) is 0 Å². The first-order valence-corrected chi connectivity index (χ1v) is 6.66. The molecular formula is C15H22O4. The molecule has 1 heterocycles. The van der Waals surface area contributed by atoms with Crippen LogP contribution in [-0.2, 0) is 9.53 Å². The minimum absolute atomic E-state index is 0.122. The SMILES string of the molecule is C[C@H]1CCC/C=C/[C@H](O)C=C[C@@H](O)C/C=C/C(=O)O1. The first-order chi connectivity index (χ1) is 9.08. The normalized spacial score (nSPS) is 33.8. The fourth-order valence-corrected chi connectivity index (χ4v) is 1.74. The van der Waals surface area contributed by atoms with Crippen LogP contribution in [0.4, 0.5) is 0 Å². The van der Waals surface area contributed by atoms with Crippen molar-refractivity contribution in [3.63, 3.8) is 0 Å². The van der Waals surface area contributed by atoms with Crippen molar-refractivity contribution in [2.24, 2.45) is 0 Å². The number of aliphatic hydroxyl groups is 2. The lowest BCUT2D eigenvalue weighted by atomic mass is 10.1. The number of cyclic esters (lactones) is 1. The Morgan fingerprint density at radius 2 is 2.00 bits per heavy atom. The molecular weight excluding hydrogens is 244 g/mol. The predicted octanol–water partition coefficient (Wildman–Crippen LogP) is 1.88. The van der Waals surface area contributed by atoms with Crippen molar-refractivity contribution in [2.45, 2.75) is 50.9 Å². The van der Waals surface area contributed by atoms with Crippen LogP contribution in [0.5, 0.6) is 0 Å². The molecule has 0 aliphatic carbocycles. The third-order valence-corrected chi connectivity index (χ3v) is 2.79. The highest BCUT2D eigenvalue weighted by Crippen LogP contribution is 2.07. The Hall–Kier alpha value is -1.39. The molecule has 0 aromatic carbocycles. The molecule has 0 aromatic heterocycles. The van der Waals surface area contributed by atoms with E-state index in [1.165, 1.54) is 18.2 Å². The highest BCUT2D eigenvalue weighted by Gasteiger charge is 2.06. The van der Waals surface area contributed by atoms with Crippen LogP contribution in [0.2, 0.25) is 0 Å². The molecule has 19 heavy (non-hydrogen) atoms. The quantitative estimate of drug-likeness (QED) is 0.519. The second-order valence-corrected chi connectivity index (χ2v) is 4.69. The standard InChI is InChI=1S/C15H22O4/c1-12-6-3-2-4-7-13(16)10-11-14(17)8-5-9-15(18)19-12/h4-5,7,9-14,16-17H,2-3,6,8H2,1H3/b7-4+,9-5+,11-10?/t12-,13-,14-/m0/s1. The van der Waals surface area contributed by atoms with Crippen molar-refractivity contribution in [2.75, 3.05) is 0 Å². The summed E-state index contributed by atoms with van der Waals surface area (Å²) in [5, 5.41) is 19.2. The Bertz CT molecular complexity index is 357. The van der Waals surface area contributed by atoms with Crippen molar-refractivity contribution in [3.05, 3.63) is 36.5 Å². The zero-order valence-corrected chi connectivity index (χ0v) is 11.2. The second kappa shape index (κ2) is 8.67. The Morgan fingerprint density at radius 3 is 2.79 bits per heavy atom. The number of esters is 1. The first-order valence-electron chi connectivity index (χ1n) is 6.66. The maximum atomic E-state index is 11.4. The zero-order chi connectivity index (χ0) is 14.1. The number of carbonyl (C=O) groups is 1. The van der Waals surface area contributed by atoms with Gasteiger partial charge in [-0.3, -0.25) is 0 Å². The molecule has 2 N–H and O–H groups in total. The van der Waals surface area contributed by atoms with Crippen LogP contribution < -0.4 is 0 Å².